The van der Waals surface area contributed by atoms with Crippen LogP contribution in [0.5, 0.6) is 11.5 Å². The van der Waals surface area contributed by atoms with Crippen molar-refractivity contribution >= 4 is 24.1 Å². The van der Waals surface area contributed by atoms with E-state index in [1.165, 1.54) is 0 Å². The van der Waals surface area contributed by atoms with Crippen LogP contribution in [0.15, 0.2) is 18.2 Å². The fourth-order valence-corrected chi connectivity index (χ4v) is 3.14. The summed E-state index contributed by atoms with van der Waals surface area (Å²) in [6.45, 7) is 5.09. The highest BCUT2D eigenvalue weighted by Crippen LogP contribution is 2.31. The standard InChI is InChI=1S/C18H24N2O4.ClH/c1-18(11-19)6-7-20(12-18)17(22)5-3-14(21)13-2-4-15-16(10-13)24-9-8-23-15;/h2,4,10H,3,5-9,11-12,19H2,1H3;1H. The lowest BCUT2D eigenvalue weighted by atomic mass is 9.90. The summed E-state index contributed by atoms with van der Waals surface area (Å²) in [6.07, 6.45) is 1.35. The van der Waals surface area contributed by atoms with Gasteiger partial charge < -0.3 is 20.1 Å². The zero-order chi connectivity index (χ0) is 17.2. The molecule has 1 saturated heterocycles. The fourth-order valence-electron chi connectivity index (χ4n) is 3.14. The molecule has 0 radical (unpaired) electrons. The molecule has 2 heterocycles. The Kier molecular flexibility index (Phi) is 6.30. The summed E-state index contributed by atoms with van der Waals surface area (Å²) in [7, 11) is 0. The first-order valence-corrected chi connectivity index (χ1v) is 8.41. The monoisotopic (exact) mass is 368 g/mol. The molecule has 25 heavy (non-hydrogen) atoms. The van der Waals surface area contributed by atoms with Crippen molar-refractivity contribution in [1.29, 1.82) is 0 Å². The van der Waals surface area contributed by atoms with Crippen LogP contribution >= 0.6 is 12.4 Å². The third-order valence-electron chi connectivity index (χ3n) is 4.83. The van der Waals surface area contributed by atoms with E-state index in [4.69, 9.17) is 15.2 Å². The van der Waals surface area contributed by atoms with Crippen LogP contribution in [0.4, 0.5) is 0 Å². The zero-order valence-corrected chi connectivity index (χ0v) is 15.3. The Hall–Kier alpha value is -1.79. The Bertz CT molecular complexity index is 652. The number of likely N-dealkylation sites (tertiary alicyclic amines) is 1. The summed E-state index contributed by atoms with van der Waals surface area (Å²) < 4.78 is 10.9. The Labute approximate surface area is 154 Å². The molecule has 0 bridgehead atoms. The summed E-state index contributed by atoms with van der Waals surface area (Å²) in [5.41, 5.74) is 6.34. The predicted octanol–water partition coefficient (Wildman–Crippen LogP) is 2.04. The second-order valence-corrected chi connectivity index (χ2v) is 6.86. The van der Waals surface area contributed by atoms with Crippen molar-refractivity contribution in [3.05, 3.63) is 23.8 Å². The highest BCUT2D eigenvalue weighted by atomic mass is 35.5. The van der Waals surface area contributed by atoms with Crippen LogP contribution in [0.3, 0.4) is 0 Å². The third kappa shape index (κ3) is 4.44. The van der Waals surface area contributed by atoms with E-state index in [9.17, 15) is 9.59 Å². The minimum Gasteiger partial charge on any atom is -0.486 e. The van der Waals surface area contributed by atoms with E-state index in [0.717, 1.165) is 13.0 Å². The lowest BCUT2D eigenvalue weighted by molar-refractivity contribution is -0.130. The van der Waals surface area contributed by atoms with E-state index in [1.54, 1.807) is 18.2 Å². The molecule has 0 saturated carbocycles. The van der Waals surface area contributed by atoms with E-state index in [0.29, 0.717) is 43.4 Å². The molecule has 6 nitrogen and oxygen atoms in total. The SMILES string of the molecule is CC1(CN)CCN(C(=O)CCC(=O)c2ccc3c(c2)OCCO3)C1.Cl. The van der Waals surface area contributed by atoms with Gasteiger partial charge in [0.2, 0.25) is 5.91 Å². The third-order valence-corrected chi connectivity index (χ3v) is 4.83. The van der Waals surface area contributed by atoms with Crippen LogP contribution in [-0.4, -0.2) is 49.4 Å². The van der Waals surface area contributed by atoms with Crippen molar-refractivity contribution < 1.29 is 19.1 Å². The molecule has 2 aliphatic rings. The van der Waals surface area contributed by atoms with Gasteiger partial charge >= 0.3 is 0 Å². The van der Waals surface area contributed by atoms with Crippen molar-refractivity contribution in [2.45, 2.75) is 26.2 Å². The molecule has 1 aromatic carbocycles. The number of nitrogens with zero attached hydrogens (tertiary/aromatic N) is 1. The first-order chi connectivity index (χ1) is 11.5. The van der Waals surface area contributed by atoms with Crippen molar-refractivity contribution in [2.75, 3.05) is 32.8 Å². The second kappa shape index (κ2) is 8.06. The number of carbonyl (C=O) groups is 2. The van der Waals surface area contributed by atoms with E-state index in [-0.39, 0.29) is 42.4 Å². The van der Waals surface area contributed by atoms with Gasteiger partial charge in [-0.1, -0.05) is 6.92 Å². The van der Waals surface area contributed by atoms with Gasteiger partial charge in [-0.3, -0.25) is 9.59 Å². The number of hydrogen-bond donors (Lipinski definition) is 1. The maximum Gasteiger partial charge on any atom is 0.223 e. The van der Waals surface area contributed by atoms with Crippen LogP contribution < -0.4 is 15.2 Å². The molecule has 1 atom stereocenters. The highest BCUT2D eigenvalue weighted by molar-refractivity contribution is 5.98. The van der Waals surface area contributed by atoms with Gasteiger partial charge in [-0.2, -0.15) is 0 Å². The van der Waals surface area contributed by atoms with Gasteiger partial charge in [-0.05, 0) is 36.6 Å². The average Bonchev–Trinajstić information content (AvgIpc) is 3.02. The van der Waals surface area contributed by atoms with Gasteiger partial charge in [0.25, 0.3) is 0 Å². The molecule has 0 spiro atoms. The number of benzene rings is 1. The van der Waals surface area contributed by atoms with Crippen molar-refractivity contribution in [3.63, 3.8) is 0 Å². The number of halogens is 1. The minimum atomic E-state index is -0.0545. The maximum atomic E-state index is 12.3. The zero-order valence-electron chi connectivity index (χ0n) is 14.5. The Balaban J connectivity index is 0.00000225. The number of ketones is 1. The van der Waals surface area contributed by atoms with Gasteiger partial charge in [0.15, 0.2) is 17.3 Å². The number of amides is 1. The van der Waals surface area contributed by atoms with Crippen LogP contribution in [0.25, 0.3) is 0 Å². The van der Waals surface area contributed by atoms with Crippen LogP contribution in [-0.2, 0) is 4.79 Å². The van der Waals surface area contributed by atoms with Crippen molar-refractivity contribution in [2.24, 2.45) is 11.1 Å². The Morgan fingerprint density at radius 3 is 2.60 bits per heavy atom. The molecule has 1 fully saturated rings. The van der Waals surface area contributed by atoms with Crippen LogP contribution in [0, 0.1) is 5.41 Å². The topological polar surface area (TPSA) is 81.9 Å². The molecule has 2 N–H and O–H groups in total. The molecule has 3 rings (SSSR count). The number of hydrogen-bond acceptors (Lipinski definition) is 5. The summed E-state index contributed by atoms with van der Waals surface area (Å²) in [5.74, 6) is 1.22. The first-order valence-electron chi connectivity index (χ1n) is 8.41. The smallest absolute Gasteiger partial charge is 0.223 e. The van der Waals surface area contributed by atoms with E-state index in [2.05, 4.69) is 6.92 Å². The molecule has 138 valence electrons. The molecule has 1 amide bonds. The summed E-state index contributed by atoms with van der Waals surface area (Å²) in [5, 5.41) is 0. The largest absolute Gasteiger partial charge is 0.486 e. The molecule has 1 aromatic rings. The Morgan fingerprint density at radius 1 is 1.20 bits per heavy atom. The maximum absolute atomic E-state index is 12.3. The van der Waals surface area contributed by atoms with Crippen LogP contribution in [0.2, 0.25) is 0 Å². The summed E-state index contributed by atoms with van der Waals surface area (Å²) >= 11 is 0. The number of Topliss-reactive ketones (excluding diaryl/α,β-unsaturated/α-hetero) is 1. The fraction of sp³-hybridized carbons (Fsp3) is 0.556. The lowest BCUT2D eigenvalue weighted by Crippen LogP contribution is -2.34. The van der Waals surface area contributed by atoms with Gasteiger partial charge in [-0.25, -0.2) is 0 Å². The molecule has 0 aliphatic carbocycles. The van der Waals surface area contributed by atoms with Gasteiger partial charge in [-0.15, -0.1) is 12.4 Å². The summed E-state index contributed by atoms with van der Waals surface area (Å²) in [4.78, 5) is 26.5. The quantitative estimate of drug-likeness (QED) is 0.804. The normalized spacial score (nSPS) is 21.6. The first kappa shape index (κ1) is 19.5. The minimum absolute atomic E-state index is 0. The number of rotatable bonds is 5. The van der Waals surface area contributed by atoms with Gasteiger partial charge in [0.05, 0.1) is 0 Å². The molecular formula is C18H25ClN2O4. The van der Waals surface area contributed by atoms with Gasteiger partial charge in [0, 0.05) is 31.5 Å². The summed E-state index contributed by atoms with van der Waals surface area (Å²) in [6, 6.07) is 5.17. The molecule has 2 aliphatic heterocycles. The second-order valence-electron chi connectivity index (χ2n) is 6.86. The number of carbonyl (C=O) groups excluding carboxylic acids is 2. The molecular weight excluding hydrogens is 344 g/mol. The Morgan fingerprint density at radius 2 is 1.92 bits per heavy atom. The average molecular weight is 369 g/mol. The highest BCUT2D eigenvalue weighted by Gasteiger charge is 2.34. The number of fused-ring (bicyclic) bond motifs is 1. The molecule has 7 heteroatoms. The lowest BCUT2D eigenvalue weighted by Gasteiger charge is -2.22. The molecule has 0 aromatic heterocycles. The van der Waals surface area contributed by atoms with E-state index in [1.807, 2.05) is 4.90 Å². The van der Waals surface area contributed by atoms with E-state index >= 15 is 0 Å². The number of nitrogens with two attached hydrogens (primary N) is 1. The van der Waals surface area contributed by atoms with Crippen molar-refractivity contribution in [1.82, 2.24) is 4.90 Å². The molecule has 1 unspecified atom stereocenters. The van der Waals surface area contributed by atoms with E-state index < -0.39 is 0 Å². The van der Waals surface area contributed by atoms with Gasteiger partial charge in [0.1, 0.15) is 13.2 Å². The van der Waals surface area contributed by atoms with Crippen molar-refractivity contribution in [3.8, 4) is 11.5 Å². The van der Waals surface area contributed by atoms with Crippen LogP contribution in [0.1, 0.15) is 36.5 Å². The number of ether oxygens (including phenoxy) is 2. The predicted molar refractivity (Wildman–Crippen MR) is 96.6 cm³/mol.